The molecule has 0 unspecified atom stereocenters. The summed E-state index contributed by atoms with van der Waals surface area (Å²) < 4.78 is 13.0. The Morgan fingerprint density at radius 3 is 2.75 bits per heavy atom. The highest BCUT2D eigenvalue weighted by molar-refractivity contribution is 6.33. The van der Waals surface area contributed by atoms with Crippen molar-refractivity contribution in [3.63, 3.8) is 0 Å². The lowest BCUT2D eigenvalue weighted by Crippen LogP contribution is -2.40. The third-order valence-electron chi connectivity index (χ3n) is 3.75. The van der Waals surface area contributed by atoms with Crippen LogP contribution in [0.4, 0.5) is 4.39 Å². The van der Waals surface area contributed by atoms with E-state index in [9.17, 15) is 9.18 Å². The summed E-state index contributed by atoms with van der Waals surface area (Å²) in [6.45, 7) is 5.56. The Morgan fingerprint density at radius 2 is 2.15 bits per heavy atom. The minimum absolute atomic E-state index is 0.100. The molecular weight excluding hydrogens is 279 g/mol. The van der Waals surface area contributed by atoms with Crippen LogP contribution >= 0.6 is 11.6 Å². The van der Waals surface area contributed by atoms with Crippen LogP contribution < -0.4 is 5.32 Å². The van der Waals surface area contributed by atoms with Crippen LogP contribution in [-0.2, 0) is 0 Å². The maximum absolute atomic E-state index is 13.0. The number of carbonyl (C=O) groups excluding carboxylic acids is 1. The molecule has 1 amide bonds. The van der Waals surface area contributed by atoms with Gasteiger partial charge in [-0.1, -0.05) is 18.5 Å². The largest absolute Gasteiger partial charge is 0.339 e. The Hall–Kier alpha value is -1.13. The molecule has 1 saturated heterocycles. The van der Waals surface area contributed by atoms with E-state index >= 15 is 0 Å². The Kier molecular flexibility index (Phi) is 5.38. The molecule has 1 aromatic carbocycles. The number of benzene rings is 1. The van der Waals surface area contributed by atoms with E-state index in [1.165, 1.54) is 18.2 Å². The summed E-state index contributed by atoms with van der Waals surface area (Å²) >= 11 is 5.94. The van der Waals surface area contributed by atoms with E-state index in [0.29, 0.717) is 11.5 Å². The second-order valence-electron chi connectivity index (χ2n) is 5.17. The topological polar surface area (TPSA) is 32.3 Å². The lowest BCUT2D eigenvalue weighted by molar-refractivity contribution is 0.0690. The first-order valence-corrected chi connectivity index (χ1v) is 7.44. The normalized spacial score (nSPS) is 16.4. The fraction of sp³-hybridized carbons (Fsp3) is 0.533. The van der Waals surface area contributed by atoms with Gasteiger partial charge in [0.1, 0.15) is 5.82 Å². The van der Waals surface area contributed by atoms with Crippen LogP contribution in [0.1, 0.15) is 30.1 Å². The van der Waals surface area contributed by atoms with Gasteiger partial charge in [0.2, 0.25) is 0 Å². The monoisotopic (exact) mass is 298 g/mol. The van der Waals surface area contributed by atoms with E-state index in [-0.39, 0.29) is 10.9 Å². The van der Waals surface area contributed by atoms with Gasteiger partial charge in [0, 0.05) is 13.1 Å². The summed E-state index contributed by atoms with van der Waals surface area (Å²) in [5.74, 6) is 0.107. The third-order valence-corrected chi connectivity index (χ3v) is 4.06. The first kappa shape index (κ1) is 15.3. The minimum atomic E-state index is -0.420. The summed E-state index contributed by atoms with van der Waals surface area (Å²) in [6, 6.07) is 3.93. The van der Waals surface area contributed by atoms with Crippen molar-refractivity contribution < 1.29 is 9.18 Å². The van der Waals surface area contributed by atoms with Crippen LogP contribution in [0.3, 0.4) is 0 Å². The van der Waals surface area contributed by atoms with Crippen molar-refractivity contribution in [2.24, 2.45) is 5.92 Å². The highest BCUT2D eigenvalue weighted by atomic mass is 35.5. The molecule has 0 radical (unpaired) electrons. The van der Waals surface area contributed by atoms with Crippen molar-refractivity contribution in [3.8, 4) is 0 Å². The molecule has 1 aliphatic rings. The predicted octanol–water partition coefficient (Wildman–Crippen LogP) is 2.94. The first-order chi connectivity index (χ1) is 9.61. The Morgan fingerprint density at radius 1 is 1.45 bits per heavy atom. The quantitative estimate of drug-likeness (QED) is 0.927. The fourth-order valence-corrected chi connectivity index (χ4v) is 2.77. The van der Waals surface area contributed by atoms with Crippen LogP contribution in [0.15, 0.2) is 18.2 Å². The predicted molar refractivity (Wildman–Crippen MR) is 78.6 cm³/mol. The van der Waals surface area contributed by atoms with Crippen LogP contribution in [0.2, 0.25) is 5.02 Å². The van der Waals surface area contributed by atoms with Crippen molar-refractivity contribution in [3.05, 3.63) is 34.6 Å². The number of nitrogens with one attached hydrogen (secondary N) is 1. The summed E-state index contributed by atoms with van der Waals surface area (Å²) in [5.41, 5.74) is 0.387. The van der Waals surface area contributed by atoms with E-state index in [2.05, 4.69) is 12.2 Å². The van der Waals surface area contributed by atoms with Crippen LogP contribution in [0, 0.1) is 11.7 Å². The van der Waals surface area contributed by atoms with Gasteiger partial charge in [-0.05, 0) is 50.0 Å². The van der Waals surface area contributed by atoms with Gasteiger partial charge in [0.15, 0.2) is 0 Å². The number of piperidine rings is 1. The Bertz CT molecular complexity index is 473. The number of hydrogen-bond acceptors (Lipinski definition) is 2. The molecule has 2 rings (SSSR count). The molecule has 0 bridgehead atoms. The lowest BCUT2D eigenvalue weighted by atomic mass is 9.96. The van der Waals surface area contributed by atoms with Gasteiger partial charge in [-0.15, -0.1) is 0 Å². The maximum Gasteiger partial charge on any atom is 0.255 e. The van der Waals surface area contributed by atoms with Crippen molar-refractivity contribution in [1.82, 2.24) is 10.2 Å². The summed E-state index contributed by atoms with van der Waals surface area (Å²) in [4.78, 5) is 14.2. The number of carbonyl (C=O) groups is 1. The molecule has 20 heavy (non-hydrogen) atoms. The number of halogens is 2. The maximum atomic E-state index is 13.0. The summed E-state index contributed by atoms with van der Waals surface area (Å²) in [7, 11) is 0. The standard InChI is InChI=1S/C15H20ClFN2O/c1-2-18-10-11-5-7-19(8-6-11)15(20)13-4-3-12(17)9-14(13)16/h3-4,9,11,18H,2,5-8,10H2,1H3. The van der Waals surface area contributed by atoms with Crippen molar-refractivity contribution >= 4 is 17.5 Å². The SMILES string of the molecule is CCNCC1CCN(C(=O)c2ccc(F)cc2Cl)CC1. The van der Waals surface area contributed by atoms with Gasteiger partial charge >= 0.3 is 0 Å². The summed E-state index contributed by atoms with van der Waals surface area (Å²) in [6.07, 6.45) is 2.00. The molecule has 0 aromatic heterocycles. The molecular formula is C15H20ClFN2O. The van der Waals surface area contributed by atoms with Crippen LogP contribution in [0.5, 0.6) is 0 Å². The van der Waals surface area contributed by atoms with Gasteiger partial charge in [0.05, 0.1) is 10.6 Å². The smallest absolute Gasteiger partial charge is 0.255 e. The molecule has 0 spiro atoms. The van der Waals surface area contributed by atoms with E-state index in [1.807, 2.05) is 4.90 Å². The van der Waals surface area contributed by atoms with E-state index < -0.39 is 5.82 Å². The molecule has 1 heterocycles. The molecule has 1 aromatic rings. The van der Waals surface area contributed by atoms with Gasteiger partial charge in [-0.2, -0.15) is 0 Å². The highest BCUT2D eigenvalue weighted by Crippen LogP contribution is 2.22. The molecule has 1 fully saturated rings. The number of amides is 1. The number of nitrogens with zero attached hydrogens (tertiary/aromatic N) is 1. The molecule has 110 valence electrons. The Labute approximate surface area is 124 Å². The zero-order chi connectivity index (χ0) is 14.5. The van der Waals surface area contributed by atoms with Crippen molar-refractivity contribution in [2.75, 3.05) is 26.2 Å². The number of rotatable bonds is 4. The average molecular weight is 299 g/mol. The molecule has 0 saturated carbocycles. The molecule has 1 N–H and O–H groups in total. The van der Waals surface area contributed by atoms with E-state index in [4.69, 9.17) is 11.6 Å². The van der Waals surface area contributed by atoms with Gasteiger partial charge in [-0.25, -0.2) is 4.39 Å². The molecule has 5 heteroatoms. The lowest BCUT2D eigenvalue weighted by Gasteiger charge is -2.32. The van der Waals surface area contributed by atoms with Crippen molar-refractivity contribution in [2.45, 2.75) is 19.8 Å². The highest BCUT2D eigenvalue weighted by Gasteiger charge is 2.24. The molecule has 1 aliphatic heterocycles. The number of likely N-dealkylation sites (tertiary alicyclic amines) is 1. The second-order valence-corrected chi connectivity index (χ2v) is 5.57. The molecule has 0 atom stereocenters. The zero-order valence-electron chi connectivity index (χ0n) is 11.7. The number of hydrogen-bond donors (Lipinski definition) is 1. The second kappa shape index (κ2) is 7.04. The molecule has 3 nitrogen and oxygen atoms in total. The summed E-state index contributed by atoms with van der Waals surface area (Å²) in [5, 5.41) is 3.53. The van der Waals surface area contributed by atoms with Gasteiger partial charge in [0.25, 0.3) is 5.91 Å². The van der Waals surface area contributed by atoms with Crippen LogP contribution in [0.25, 0.3) is 0 Å². The fourth-order valence-electron chi connectivity index (χ4n) is 2.52. The van der Waals surface area contributed by atoms with E-state index in [1.54, 1.807) is 0 Å². The van der Waals surface area contributed by atoms with Gasteiger partial charge < -0.3 is 10.2 Å². The zero-order valence-corrected chi connectivity index (χ0v) is 12.4. The Balaban J connectivity index is 1.94. The van der Waals surface area contributed by atoms with Gasteiger partial charge in [-0.3, -0.25) is 4.79 Å². The van der Waals surface area contributed by atoms with Crippen molar-refractivity contribution in [1.29, 1.82) is 0 Å². The van der Waals surface area contributed by atoms with E-state index in [0.717, 1.165) is 39.0 Å². The third kappa shape index (κ3) is 3.70. The van der Waals surface area contributed by atoms with Crippen LogP contribution in [-0.4, -0.2) is 37.0 Å². The first-order valence-electron chi connectivity index (χ1n) is 7.07. The average Bonchev–Trinajstić information content (AvgIpc) is 2.45. The minimum Gasteiger partial charge on any atom is -0.339 e. The molecule has 0 aliphatic carbocycles.